The van der Waals surface area contributed by atoms with Gasteiger partial charge in [-0.05, 0) is 37.5 Å². The molecule has 0 aliphatic carbocycles. The van der Waals surface area contributed by atoms with Gasteiger partial charge in [-0.15, -0.1) is 4.83 Å². The van der Waals surface area contributed by atoms with Crippen LogP contribution in [0.1, 0.15) is 22.3 Å². The molecule has 2 atom stereocenters. The van der Waals surface area contributed by atoms with Gasteiger partial charge in [-0.3, -0.25) is 0 Å². The molecule has 1 aliphatic rings. The molecule has 1 aliphatic heterocycles. The van der Waals surface area contributed by atoms with E-state index in [-0.39, 0.29) is 12.6 Å². The Hall–Kier alpha value is -2.48. The summed E-state index contributed by atoms with van der Waals surface area (Å²) in [5.74, 6) is -0.455. The summed E-state index contributed by atoms with van der Waals surface area (Å²) in [6, 6.07) is 13.0. The fourth-order valence-electron chi connectivity index (χ4n) is 3.18. The van der Waals surface area contributed by atoms with E-state index in [2.05, 4.69) is 4.83 Å². The van der Waals surface area contributed by atoms with Crippen molar-refractivity contribution in [3.05, 3.63) is 76.9 Å². The van der Waals surface area contributed by atoms with Crippen LogP contribution in [0.15, 0.2) is 59.5 Å². The molecule has 148 valence electrons. The number of esters is 1. The third-order valence-corrected chi connectivity index (χ3v) is 6.10. The van der Waals surface area contributed by atoms with Crippen LogP contribution >= 0.6 is 0 Å². The summed E-state index contributed by atoms with van der Waals surface area (Å²) in [4.78, 5) is 14.7. The molecule has 0 saturated carbocycles. The largest absolute Gasteiger partial charge is 0.458 e. The number of aryl methyl sites for hydroxylation is 3. The van der Waals surface area contributed by atoms with Crippen molar-refractivity contribution in [1.82, 2.24) is 9.84 Å². The Morgan fingerprint density at radius 3 is 2.46 bits per heavy atom. The first-order valence-corrected chi connectivity index (χ1v) is 10.5. The lowest BCUT2D eigenvalue weighted by Crippen LogP contribution is -2.31. The van der Waals surface area contributed by atoms with E-state index >= 15 is 0 Å². The van der Waals surface area contributed by atoms with E-state index in [1.807, 2.05) is 49.4 Å². The molecular weight excluding hydrogens is 376 g/mol. The molecule has 6 nitrogen and oxygen atoms in total. The summed E-state index contributed by atoms with van der Waals surface area (Å²) in [5, 5.41) is 1.56. The van der Waals surface area contributed by atoms with Crippen LogP contribution in [-0.2, 0) is 26.2 Å². The predicted octanol–water partition coefficient (Wildman–Crippen LogP) is 2.79. The van der Waals surface area contributed by atoms with Crippen LogP contribution in [0.5, 0.6) is 0 Å². The Morgan fingerprint density at radius 1 is 1.18 bits per heavy atom. The number of nitrogens with one attached hydrogen (secondary N) is 1. The molecule has 1 fully saturated rings. The number of nitrogens with zero attached hydrogens (tertiary/aromatic N) is 1. The van der Waals surface area contributed by atoms with Gasteiger partial charge in [0.25, 0.3) is 10.0 Å². The van der Waals surface area contributed by atoms with E-state index < -0.39 is 16.0 Å². The Balaban J connectivity index is 1.54. The van der Waals surface area contributed by atoms with Gasteiger partial charge in [0.2, 0.25) is 0 Å². The molecular formula is C21H24N2O4S. The molecule has 0 spiro atoms. The normalized spacial score (nSPS) is 19.0. The third-order valence-electron chi connectivity index (χ3n) is 4.44. The van der Waals surface area contributed by atoms with Gasteiger partial charge in [0, 0.05) is 12.6 Å². The van der Waals surface area contributed by atoms with Crippen molar-refractivity contribution in [3.63, 3.8) is 0 Å². The molecule has 3 rings (SSSR count). The van der Waals surface area contributed by atoms with Gasteiger partial charge in [-0.1, -0.05) is 54.1 Å². The molecule has 1 N–H and O–H groups in total. The number of benzene rings is 2. The maximum Gasteiger partial charge on any atom is 0.330 e. The zero-order valence-electron chi connectivity index (χ0n) is 16.2. The lowest BCUT2D eigenvalue weighted by molar-refractivity contribution is -0.139. The minimum absolute atomic E-state index is 0.162. The van der Waals surface area contributed by atoms with Crippen molar-refractivity contribution >= 4 is 16.0 Å². The molecule has 1 unspecified atom stereocenters. The van der Waals surface area contributed by atoms with E-state index in [1.54, 1.807) is 24.9 Å². The SMILES string of the molecule is Cc1cc(C)c(S(=O)(=O)NN2C[C@@H]2/C=C/C(=O)OCc2ccccc2)c(C)c1. The first-order chi connectivity index (χ1) is 13.3. The van der Waals surface area contributed by atoms with Gasteiger partial charge in [0.15, 0.2) is 0 Å². The van der Waals surface area contributed by atoms with Gasteiger partial charge in [0.1, 0.15) is 6.61 Å². The minimum atomic E-state index is -3.67. The highest BCUT2D eigenvalue weighted by Crippen LogP contribution is 2.24. The number of carbonyl (C=O) groups is 1. The van der Waals surface area contributed by atoms with E-state index in [1.165, 1.54) is 6.08 Å². The number of ether oxygens (including phenoxy) is 1. The van der Waals surface area contributed by atoms with Crippen LogP contribution in [-0.4, -0.2) is 32.0 Å². The number of sulfonamides is 1. The van der Waals surface area contributed by atoms with Crippen LogP contribution in [0, 0.1) is 20.8 Å². The van der Waals surface area contributed by atoms with Crippen LogP contribution in [0.4, 0.5) is 0 Å². The number of hydrazine groups is 1. The van der Waals surface area contributed by atoms with Crippen molar-refractivity contribution < 1.29 is 17.9 Å². The summed E-state index contributed by atoms with van der Waals surface area (Å²) in [5.41, 5.74) is 3.36. The van der Waals surface area contributed by atoms with Gasteiger partial charge in [-0.2, -0.15) is 0 Å². The fourth-order valence-corrected chi connectivity index (χ4v) is 4.76. The molecule has 0 aromatic heterocycles. The summed E-state index contributed by atoms with van der Waals surface area (Å²) in [6.07, 6.45) is 2.98. The lowest BCUT2D eigenvalue weighted by Gasteiger charge is -2.13. The quantitative estimate of drug-likeness (QED) is 0.439. The van der Waals surface area contributed by atoms with Crippen molar-refractivity contribution in [2.75, 3.05) is 6.54 Å². The molecule has 0 radical (unpaired) electrons. The number of rotatable bonds is 7. The van der Waals surface area contributed by atoms with E-state index in [0.717, 1.165) is 11.1 Å². The monoisotopic (exact) mass is 400 g/mol. The highest BCUT2D eigenvalue weighted by molar-refractivity contribution is 7.89. The summed E-state index contributed by atoms with van der Waals surface area (Å²) >= 11 is 0. The minimum Gasteiger partial charge on any atom is -0.458 e. The van der Waals surface area contributed by atoms with E-state index in [4.69, 9.17) is 4.74 Å². The molecule has 0 bridgehead atoms. The van der Waals surface area contributed by atoms with Crippen LogP contribution in [0.3, 0.4) is 0 Å². The third kappa shape index (κ3) is 5.07. The Bertz CT molecular complexity index is 977. The van der Waals surface area contributed by atoms with Gasteiger partial charge in [-0.25, -0.2) is 18.2 Å². The highest BCUT2D eigenvalue weighted by Gasteiger charge is 2.36. The number of carbonyl (C=O) groups excluding carboxylic acids is 1. The molecule has 1 saturated heterocycles. The number of hydrogen-bond donors (Lipinski definition) is 1. The fraction of sp³-hybridized carbons (Fsp3) is 0.286. The van der Waals surface area contributed by atoms with Crippen LogP contribution in [0.2, 0.25) is 0 Å². The second-order valence-corrected chi connectivity index (χ2v) is 8.59. The van der Waals surface area contributed by atoms with Crippen LogP contribution < -0.4 is 4.83 Å². The first kappa shape index (κ1) is 20.3. The zero-order chi connectivity index (χ0) is 20.3. The first-order valence-electron chi connectivity index (χ1n) is 9.02. The molecule has 2 aromatic rings. The molecule has 0 amide bonds. The van der Waals surface area contributed by atoms with Gasteiger partial charge < -0.3 is 4.74 Å². The van der Waals surface area contributed by atoms with E-state index in [9.17, 15) is 13.2 Å². The molecule has 7 heteroatoms. The summed E-state index contributed by atoms with van der Waals surface area (Å²) in [7, 11) is -3.67. The van der Waals surface area contributed by atoms with Crippen molar-refractivity contribution in [2.24, 2.45) is 0 Å². The highest BCUT2D eigenvalue weighted by atomic mass is 32.2. The average molecular weight is 401 g/mol. The van der Waals surface area contributed by atoms with Crippen LogP contribution in [0.25, 0.3) is 0 Å². The Kier molecular flexibility index (Phi) is 5.98. The zero-order valence-corrected chi connectivity index (χ0v) is 17.0. The smallest absolute Gasteiger partial charge is 0.330 e. The molecule has 1 heterocycles. The Morgan fingerprint density at radius 2 is 1.82 bits per heavy atom. The molecule has 2 aromatic carbocycles. The maximum absolute atomic E-state index is 12.7. The lowest BCUT2D eigenvalue weighted by atomic mass is 10.1. The number of hydrogen-bond acceptors (Lipinski definition) is 5. The van der Waals surface area contributed by atoms with Crippen molar-refractivity contribution in [1.29, 1.82) is 0 Å². The summed E-state index contributed by atoms with van der Waals surface area (Å²) in [6.45, 7) is 6.22. The maximum atomic E-state index is 12.7. The second kappa shape index (κ2) is 8.26. The van der Waals surface area contributed by atoms with Gasteiger partial charge in [0.05, 0.1) is 10.9 Å². The average Bonchev–Trinajstić information content (AvgIpc) is 3.34. The Labute approximate surface area is 165 Å². The summed E-state index contributed by atoms with van der Waals surface area (Å²) < 4.78 is 30.6. The van der Waals surface area contributed by atoms with Crippen molar-refractivity contribution in [2.45, 2.75) is 38.3 Å². The second-order valence-electron chi connectivity index (χ2n) is 6.99. The van der Waals surface area contributed by atoms with E-state index in [0.29, 0.717) is 22.6 Å². The standard InChI is InChI=1S/C21H24N2O4S/c1-15-11-16(2)21(17(3)12-15)28(25,26)22-23-13-19(23)9-10-20(24)27-14-18-7-5-4-6-8-18/h4-12,19,22H,13-14H2,1-3H3/b10-9+/t19-,23?/m0/s1. The van der Waals surface area contributed by atoms with Gasteiger partial charge >= 0.3 is 5.97 Å². The topological polar surface area (TPSA) is 75.5 Å². The molecule has 28 heavy (non-hydrogen) atoms. The van der Waals surface area contributed by atoms with Crippen molar-refractivity contribution in [3.8, 4) is 0 Å². The predicted molar refractivity (Wildman–Crippen MR) is 107 cm³/mol.